The number of hydrogen-bond donors (Lipinski definition) is 2. The van der Waals surface area contributed by atoms with E-state index in [2.05, 4.69) is 10.6 Å². The molecule has 0 aliphatic heterocycles. The van der Waals surface area contributed by atoms with Gasteiger partial charge in [-0.05, 0) is 90.4 Å². The van der Waals surface area contributed by atoms with Crippen LogP contribution in [0.25, 0.3) is 0 Å². The lowest BCUT2D eigenvalue weighted by atomic mass is 9.89. The molecule has 1 aliphatic rings. The molecule has 2 N–H and O–H groups in total. The third kappa shape index (κ3) is 9.21. The van der Waals surface area contributed by atoms with E-state index in [1.807, 2.05) is 58.2 Å². The first-order valence-electron chi connectivity index (χ1n) is 14.0. The predicted molar refractivity (Wildman–Crippen MR) is 156 cm³/mol. The first-order valence-corrected chi connectivity index (χ1v) is 15.4. The molecule has 3 amide bonds. The van der Waals surface area contributed by atoms with Crippen LogP contribution in [-0.4, -0.2) is 58.0 Å². The molecule has 0 saturated heterocycles. The quantitative estimate of drug-likeness (QED) is 0.347. The highest BCUT2D eigenvalue weighted by molar-refractivity contribution is 7.98. The topological polar surface area (TPSA) is 87.7 Å². The monoisotopic (exact) mass is 547 g/mol. The van der Waals surface area contributed by atoms with E-state index in [1.165, 1.54) is 6.42 Å². The van der Waals surface area contributed by atoms with Gasteiger partial charge in [0.1, 0.15) is 17.7 Å². The van der Waals surface area contributed by atoms with E-state index in [4.69, 9.17) is 4.74 Å². The Morgan fingerprint density at radius 3 is 2.26 bits per heavy atom. The smallest absolute Gasteiger partial charge is 0.408 e. The molecule has 1 aromatic carbocycles. The lowest BCUT2D eigenvalue weighted by molar-refractivity contribution is -0.149. The number of nitrogens with one attached hydrogen (secondary N) is 2. The van der Waals surface area contributed by atoms with Crippen LogP contribution in [0, 0.1) is 6.92 Å². The van der Waals surface area contributed by atoms with Gasteiger partial charge < -0.3 is 20.3 Å². The van der Waals surface area contributed by atoms with E-state index in [1.54, 1.807) is 37.4 Å². The Bertz CT molecular complexity index is 938. The average Bonchev–Trinajstić information content (AvgIpc) is 2.84. The SMILES string of the molecule is CCC(C)(C)N(C(=O)C(CCSC)NC(=O)OC(C)(C)C)C(C(=O)NC1CCCCC1)c1ccccc1C. The third-order valence-corrected chi connectivity index (χ3v) is 7.94. The fourth-order valence-corrected chi connectivity index (χ4v) is 5.35. The number of carbonyl (C=O) groups is 3. The molecule has 8 heteroatoms. The first kappa shape index (κ1) is 32.0. The standard InChI is InChI=1S/C30H49N3O4S/c1-9-30(6,7)33(27(35)24(19-20-38-8)32-28(36)37-29(3,4)5)25(23-18-14-13-15-21(23)2)26(34)31-22-16-11-10-12-17-22/h13-15,18,22,24-25H,9-12,16-17,19-20H2,1-8H3,(H,31,34)(H,32,36). The van der Waals surface area contributed by atoms with Crippen molar-refractivity contribution in [2.45, 2.75) is 123 Å². The van der Waals surface area contributed by atoms with Gasteiger partial charge in [-0.1, -0.05) is 50.5 Å². The van der Waals surface area contributed by atoms with Crippen molar-refractivity contribution >= 4 is 29.7 Å². The van der Waals surface area contributed by atoms with Crippen LogP contribution >= 0.6 is 11.8 Å². The van der Waals surface area contributed by atoms with Crippen molar-refractivity contribution in [2.24, 2.45) is 0 Å². The maximum Gasteiger partial charge on any atom is 0.408 e. The Kier molecular flexibility index (Phi) is 12.0. The molecule has 2 unspecified atom stereocenters. The molecule has 7 nitrogen and oxygen atoms in total. The highest BCUT2D eigenvalue weighted by Gasteiger charge is 2.43. The van der Waals surface area contributed by atoms with Crippen molar-refractivity contribution < 1.29 is 19.1 Å². The molecule has 2 rings (SSSR count). The summed E-state index contributed by atoms with van der Waals surface area (Å²) in [6.45, 7) is 13.4. The lowest BCUT2D eigenvalue weighted by Crippen LogP contribution is -2.60. The minimum Gasteiger partial charge on any atom is -0.444 e. The van der Waals surface area contributed by atoms with Crippen LogP contribution in [0.3, 0.4) is 0 Å². The zero-order chi connectivity index (χ0) is 28.5. The van der Waals surface area contributed by atoms with E-state index in [0.29, 0.717) is 18.6 Å². The molecule has 2 atom stereocenters. The number of alkyl carbamates (subject to hydrolysis) is 1. The number of amides is 3. The predicted octanol–water partition coefficient (Wildman–Crippen LogP) is 6.15. The average molecular weight is 548 g/mol. The number of aryl methyl sites for hydroxylation is 1. The number of hydrogen-bond acceptors (Lipinski definition) is 5. The van der Waals surface area contributed by atoms with Crippen LogP contribution in [0.15, 0.2) is 24.3 Å². The molecule has 1 aliphatic carbocycles. The van der Waals surface area contributed by atoms with E-state index < -0.39 is 29.3 Å². The van der Waals surface area contributed by atoms with Crippen LogP contribution in [-0.2, 0) is 14.3 Å². The molecule has 214 valence electrons. The Labute approximate surface area is 234 Å². The third-order valence-electron chi connectivity index (χ3n) is 7.30. The lowest BCUT2D eigenvalue weighted by Gasteiger charge is -2.45. The van der Waals surface area contributed by atoms with Crippen molar-refractivity contribution in [3.05, 3.63) is 35.4 Å². The Morgan fingerprint density at radius 2 is 1.71 bits per heavy atom. The number of benzene rings is 1. The van der Waals surface area contributed by atoms with Crippen LogP contribution in [0.1, 0.15) is 104 Å². The molecule has 1 fully saturated rings. The molecular formula is C30H49N3O4S. The summed E-state index contributed by atoms with van der Waals surface area (Å²) in [6.07, 6.45) is 7.69. The molecule has 0 heterocycles. The fourth-order valence-electron chi connectivity index (χ4n) is 4.87. The van der Waals surface area contributed by atoms with Gasteiger partial charge in [0, 0.05) is 11.6 Å². The number of ether oxygens (including phenoxy) is 1. The van der Waals surface area contributed by atoms with Crippen molar-refractivity contribution in [3.8, 4) is 0 Å². The number of nitrogens with zero attached hydrogens (tertiary/aromatic N) is 1. The van der Waals surface area contributed by atoms with Crippen molar-refractivity contribution in [1.82, 2.24) is 15.5 Å². The Balaban J connectivity index is 2.55. The zero-order valence-corrected chi connectivity index (χ0v) is 25.5. The van der Waals surface area contributed by atoms with Crippen molar-refractivity contribution in [1.29, 1.82) is 0 Å². The van der Waals surface area contributed by atoms with Gasteiger partial charge in [0.15, 0.2) is 0 Å². The Morgan fingerprint density at radius 1 is 1.08 bits per heavy atom. The molecule has 0 bridgehead atoms. The molecule has 0 spiro atoms. The molecule has 1 aromatic rings. The van der Waals surface area contributed by atoms with Gasteiger partial charge in [-0.3, -0.25) is 9.59 Å². The summed E-state index contributed by atoms with van der Waals surface area (Å²) in [7, 11) is 0. The van der Waals surface area contributed by atoms with Gasteiger partial charge in [-0.2, -0.15) is 11.8 Å². The second-order valence-electron chi connectivity index (χ2n) is 12.0. The van der Waals surface area contributed by atoms with Crippen molar-refractivity contribution in [2.75, 3.05) is 12.0 Å². The highest BCUT2D eigenvalue weighted by Crippen LogP contribution is 2.34. The molecule has 1 saturated carbocycles. The van der Waals surface area contributed by atoms with Gasteiger partial charge in [-0.15, -0.1) is 0 Å². The summed E-state index contributed by atoms with van der Waals surface area (Å²) in [5.74, 6) is 0.237. The zero-order valence-electron chi connectivity index (χ0n) is 24.7. The first-order chi connectivity index (χ1) is 17.8. The fraction of sp³-hybridized carbons (Fsp3) is 0.700. The van der Waals surface area contributed by atoms with Gasteiger partial charge in [0.25, 0.3) is 0 Å². The van der Waals surface area contributed by atoms with Crippen LogP contribution in [0.5, 0.6) is 0 Å². The summed E-state index contributed by atoms with van der Waals surface area (Å²) in [4.78, 5) is 43.0. The summed E-state index contributed by atoms with van der Waals surface area (Å²) >= 11 is 1.61. The van der Waals surface area contributed by atoms with E-state index in [-0.39, 0.29) is 17.9 Å². The Hall–Kier alpha value is -2.22. The van der Waals surface area contributed by atoms with Crippen LogP contribution in [0.2, 0.25) is 0 Å². The van der Waals surface area contributed by atoms with Gasteiger partial charge in [0.2, 0.25) is 11.8 Å². The minimum atomic E-state index is -0.822. The normalized spacial score (nSPS) is 16.3. The number of thioether (sulfide) groups is 1. The van der Waals surface area contributed by atoms with E-state index in [9.17, 15) is 14.4 Å². The van der Waals surface area contributed by atoms with Crippen LogP contribution in [0.4, 0.5) is 4.79 Å². The van der Waals surface area contributed by atoms with Gasteiger partial charge >= 0.3 is 6.09 Å². The molecule has 0 radical (unpaired) electrons. The second-order valence-corrected chi connectivity index (χ2v) is 12.9. The largest absolute Gasteiger partial charge is 0.444 e. The minimum absolute atomic E-state index is 0.108. The van der Waals surface area contributed by atoms with Crippen molar-refractivity contribution in [3.63, 3.8) is 0 Å². The molecule has 38 heavy (non-hydrogen) atoms. The summed E-state index contributed by atoms with van der Waals surface area (Å²) in [6, 6.07) is 6.23. The van der Waals surface area contributed by atoms with E-state index in [0.717, 1.165) is 36.8 Å². The number of rotatable bonds is 11. The number of carbonyl (C=O) groups excluding carboxylic acids is 3. The maximum absolute atomic E-state index is 14.4. The maximum atomic E-state index is 14.4. The second kappa shape index (κ2) is 14.2. The van der Waals surface area contributed by atoms with Gasteiger partial charge in [0.05, 0.1) is 0 Å². The van der Waals surface area contributed by atoms with Crippen LogP contribution < -0.4 is 10.6 Å². The van der Waals surface area contributed by atoms with E-state index >= 15 is 0 Å². The summed E-state index contributed by atoms with van der Waals surface area (Å²) < 4.78 is 5.50. The van der Waals surface area contributed by atoms with Gasteiger partial charge in [-0.25, -0.2) is 4.79 Å². The molecule has 0 aromatic heterocycles. The summed E-state index contributed by atoms with van der Waals surface area (Å²) in [5.41, 5.74) is 0.405. The highest BCUT2D eigenvalue weighted by atomic mass is 32.2. The molecular weight excluding hydrogens is 498 g/mol. The summed E-state index contributed by atoms with van der Waals surface area (Å²) in [5, 5.41) is 6.11.